The van der Waals surface area contributed by atoms with E-state index in [0.717, 1.165) is 44.1 Å². The molecule has 2 heteroatoms. The Hall–Kier alpha value is -5.99. The van der Waals surface area contributed by atoms with Crippen molar-refractivity contribution in [2.75, 3.05) is 0 Å². The van der Waals surface area contributed by atoms with Gasteiger partial charge in [-0.1, -0.05) is 121 Å². The van der Waals surface area contributed by atoms with Crippen molar-refractivity contribution >= 4 is 54.0 Å². The lowest BCUT2D eigenvalue weighted by Crippen LogP contribution is -2.19. The van der Waals surface area contributed by atoms with Crippen molar-refractivity contribution in [3.05, 3.63) is 174 Å². The number of rotatable bonds is 3. The van der Waals surface area contributed by atoms with Crippen LogP contribution in [0, 0.1) is 0 Å². The van der Waals surface area contributed by atoms with Gasteiger partial charge in [0.1, 0.15) is 0 Å². The quantitative estimate of drug-likeness (QED) is 0.152. The number of nitrogens with zero attached hydrogens (tertiary/aromatic N) is 1. The number of hydrogen-bond donors (Lipinski definition) is 0. The van der Waals surface area contributed by atoms with Crippen LogP contribution in [0.2, 0.25) is 0 Å². The summed E-state index contributed by atoms with van der Waals surface area (Å²) in [7, 11) is 0. The van der Waals surface area contributed by atoms with Crippen LogP contribution in [0.5, 0.6) is 0 Å². The largest absolute Gasteiger partial charge is 0.276 e. The number of fused-ring (bicyclic) bond motifs is 7. The molecule has 0 amide bonds. The molecule has 1 heterocycles. The molecule has 1 aromatic heterocycles. The zero-order chi connectivity index (χ0) is 29.9. The number of hydrogen-bond acceptors (Lipinski definition) is 1. The van der Waals surface area contributed by atoms with Gasteiger partial charge in [0.25, 0.3) is 5.56 Å². The van der Waals surface area contributed by atoms with Gasteiger partial charge in [-0.3, -0.25) is 9.36 Å². The van der Waals surface area contributed by atoms with Crippen LogP contribution in [-0.4, -0.2) is 4.57 Å². The number of benzene rings is 8. The van der Waals surface area contributed by atoms with Gasteiger partial charge in [0, 0.05) is 16.5 Å². The maximum absolute atomic E-state index is 13.9. The Morgan fingerprint density at radius 2 is 0.978 bits per heavy atom. The second kappa shape index (κ2) is 10.0. The Morgan fingerprint density at radius 1 is 0.356 bits per heavy atom. The Kier molecular flexibility index (Phi) is 5.69. The lowest BCUT2D eigenvalue weighted by molar-refractivity contribution is 1.06. The monoisotopic (exact) mass is 573 g/mol. The van der Waals surface area contributed by atoms with Crippen molar-refractivity contribution in [2.24, 2.45) is 0 Å². The SMILES string of the molecule is O=c1c2ccccc2c2ccccc2n1-c1cccc(-c2cccc(-c3cccc4c3ccc3cc5ccccc5cc34)c2)c1. The molecule has 9 rings (SSSR count). The molecule has 0 saturated carbocycles. The van der Waals surface area contributed by atoms with Crippen molar-refractivity contribution in [2.45, 2.75) is 0 Å². The maximum Gasteiger partial charge on any atom is 0.263 e. The highest BCUT2D eigenvalue weighted by Crippen LogP contribution is 2.36. The molecule has 0 saturated heterocycles. The third kappa shape index (κ3) is 4.07. The van der Waals surface area contributed by atoms with E-state index in [1.807, 2.05) is 59.2 Å². The summed E-state index contributed by atoms with van der Waals surface area (Å²) in [5.41, 5.74) is 6.30. The first-order chi connectivity index (χ1) is 22.2. The summed E-state index contributed by atoms with van der Waals surface area (Å²) in [5.74, 6) is 0. The molecule has 210 valence electrons. The average molecular weight is 574 g/mol. The normalized spacial score (nSPS) is 11.6. The van der Waals surface area contributed by atoms with Crippen LogP contribution in [0.4, 0.5) is 0 Å². The minimum absolute atomic E-state index is 0.00837. The number of para-hydroxylation sites is 1. The predicted molar refractivity (Wildman–Crippen MR) is 190 cm³/mol. The van der Waals surface area contributed by atoms with Gasteiger partial charge < -0.3 is 0 Å². The van der Waals surface area contributed by atoms with Crippen LogP contribution in [0.25, 0.3) is 81.9 Å². The first-order valence-electron chi connectivity index (χ1n) is 15.3. The van der Waals surface area contributed by atoms with E-state index in [1.54, 1.807) is 0 Å². The van der Waals surface area contributed by atoms with Crippen LogP contribution in [0.1, 0.15) is 0 Å². The molecule has 0 radical (unpaired) electrons. The Bertz CT molecular complexity index is 2680. The number of pyridine rings is 1. The second-order valence-electron chi connectivity index (χ2n) is 11.7. The summed E-state index contributed by atoms with van der Waals surface area (Å²) < 4.78 is 1.85. The summed E-state index contributed by atoms with van der Waals surface area (Å²) in [6.07, 6.45) is 0. The molecule has 0 bridgehead atoms. The fraction of sp³-hybridized carbons (Fsp3) is 0. The lowest BCUT2D eigenvalue weighted by Gasteiger charge is -2.15. The molecule has 0 atom stereocenters. The molecule has 9 aromatic rings. The second-order valence-corrected chi connectivity index (χ2v) is 11.7. The fourth-order valence-corrected chi connectivity index (χ4v) is 7.01. The molecule has 0 aliphatic carbocycles. The molecule has 2 nitrogen and oxygen atoms in total. The topological polar surface area (TPSA) is 22.0 Å². The molecule has 0 unspecified atom stereocenters. The Labute approximate surface area is 260 Å². The summed E-state index contributed by atoms with van der Waals surface area (Å²) in [6, 6.07) is 57.3. The van der Waals surface area contributed by atoms with Crippen molar-refractivity contribution in [1.29, 1.82) is 0 Å². The van der Waals surface area contributed by atoms with E-state index in [-0.39, 0.29) is 5.56 Å². The van der Waals surface area contributed by atoms with Crippen LogP contribution in [-0.2, 0) is 0 Å². The third-order valence-corrected chi connectivity index (χ3v) is 9.15. The highest BCUT2D eigenvalue weighted by molar-refractivity contribution is 6.15. The minimum atomic E-state index is -0.00837. The lowest BCUT2D eigenvalue weighted by atomic mass is 9.92. The van der Waals surface area contributed by atoms with Gasteiger partial charge in [-0.25, -0.2) is 0 Å². The molecule has 8 aromatic carbocycles. The third-order valence-electron chi connectivity index (χ3n) is 9.15. The average Bonchev–Trinajstić information content (AvgIpc) is 3.11. The van der Waals surface area contributed by atoms with Gasteiger partial charge in [-0.2, -0.15) is 0 Å². The summed E-state index contributed by atoms with van der Waals surface area (Å²) in [6.45, 7) is 0. The van der Waals surface area contributed by atoms with Gasteiger partial charge in [0.05, 0.1) is 5.52 Å². The molecular weight excluding hydrogens is 546 g/mol. The summed E-state index contributed by atoms with van der Waals surface area (Å²) in [4.78, 5) is 13.9. The van der Waals surface area contributed by atoms with Gasteiger partial charge in [0.15, 0.2) is 0 Å². The molecule has 0 spiro atoms. The molecule has 0 N–H and O–H groups in total. The molecule has 0 aliphatic heterocycles. The first-order valence-corrected chi connectivity index (χ1v) is 15.3. The van der Waals surface area contributed by atoms with E-state index in [0.29, 0.717) is 0 Å². The zero-order valence-electron chi connectivity index (χ0n) is 24.4. The van der Waals surface area contributed by atoms with E-state index in [1.165, 1.54) is 37.9 Å². The van der Waals surface area contributed by atoms with E-state index >= 15 is 0 Å². The standard InChI is InChI=1S/C43H27NO/c45-43-40-18-4-3-16-37(40)39-17-5-6-21-42(39)44(43)34-15-8-13-30(26-34)29-12-7-14-32(24-29)35-19-9-20-36-38(35)23-22-33-25-28-10-1-2-11-31(28)27-41(33)36/h1-27H. The fourth-order valence-electron chi connectivity index (χ4n) is 7.01. The molecular formula is C43H27NO. The van der Waals surface area contributed by atoms with E-state index in [2.05, 4.69) is 109 Å². The Morgan fingerprint density at radius 3 is 1.84 bits per heavy atom. The van der Waals surface area contributed by atoms with Crippen molar-refractivity contribution in [3.8, 4) is 27.9 Å². The van der Waals surface area contributed by atoms with E-state index in [4.69, 9.17) is 0 Å². The molecule has 45 heavy (non-hydrogen) atoms. The summed E-state index contributed by atoms with van der Waals surface area (Å²) in [5, 5.41) is 10.3. The van der Waals surface area contributed by atoms with Crippen molar-refractivity contribution in [1.82, 2.24) is 4.57 Å². The van der Waals surface area contributed by atoms with Crippen LogP contribution in [0.15, 0.2) is 169 Å². The highest BCUT2D eigenvalue weighted by Gasteiger charge is 2.13. The van der Waals surface area contributed by atoms with Crippen molar-refractivity contribution in [3.63, 3.8) is 0 Å². The van der Waals surface area contributed by atoms with Crippen LogP contribution >= 0.6 is 0 Å². The first kappa shape index (κ1) is 25.5. The highest BCUT2D eigenvalue weighted by atomic mass is 16.1. The van der Waals surface area contributed by atoms with Crippen LogP contribution < -0.4 is 5.56 Å². The Balaban J connectivity index is 1.19. The number of aromatic nitrogens is 1. The summed E-state index contributed by atoms with van der Waals surface area (Å²) >= 11 is 0. The maximum atomic E-state index is 13.9. The van der Waals surface area contributed by atoms with Gasteiger partial charge in [0.2, 0.25) is 0 Å². The molecule has 0 aliphatic rings. The minimum Gasteiger partial charge on any atom is -0.276 e. The predicted octanol–water partition coefficient (Wildman–Crippen LogP) is 10.9. The van der Waals surface area contributed by atoms with Crippen molar-refractivity contribution < 1.29 is 0 Å². The van der Waals surface area contributed by atoms with Gasteiger partial charge in [-0.05, 0) is 102 Å². The van der Waals surface area contributed by atoms with Gasteiger partial charge >= 0.3 is 0 Å². The smallest absolute Gasteiger partial charge is 0.263 e. The van der Waals surface area contributed by atoms with E-state index in [9.17, 15) is 4.79 Å². The van der Waals surface area contributed by atoms with Gasteiger partial charge in [-0.15, -0.1) is 0 Å². The molecule has 0 fully saturated rings. The van der Waals surface area contributed by atoms with Crippen LogP contribution in [0.3, 0.4) is 0 Å². The zero-order valence-corrected chi connectivity index (χ0v) is 24.4. The van der Waals surface area contributed by atoms with E-state index < -0.39 is 0 Å².